The van der Waals surface area contributed by atoms with Gasteiger partial charge in [0.25, 0.3) is 0 Å². The third kappa shape index (κ3) is 5.60. The number of aryl methyl sites for hydroxylation is 1. The number of hydrogen-bond donors (Lipinski definition) is 2. The van der Waals surface area contributed by atoms with E-state index in [2.05, 4.69) is 39.8 Å². The Bertz CT molecular complexity index is 861. The van der Waals surface area contributed by atoms with Crippen LogP contribution in [0.3, 0.4) is 0 Å². The van der Waals surface area contributed by atoms with E-state index in [-0.39, 0.29) is 0 Å². The molecule has 1 heterocycles. The predicted octanol–water partition coefficient (Wildman–Crippen LogP) is 4.03. The standard InChI is InChI=1S/C21H24N4O2/c1-3-22-21(24-15-18-11-12-26-25-18)23-14-17-10-9-16(2)13-20(17)27-19-7-5-4-6-8-19/h4-13H,3,14-15H2,1-2H3,(H2,22,23,24). The van der Waals surface area contributed by atoms with Gasteiger partial charge < -0.3 is 19.9 Å². The lowest BCUT2D eigenvalue weighted by Gasteiger charge is -2.13. The number of benzene rings is 2. The molecule has 0 unspecified atom stereocenters. The Morgan fingerprint density at radius 2 is 1.96 bits per heavy atom. The summed E-state index contributed by atoms with van der Waals surface area (Å²) >= 11 is 0. The molecule has 0 spiro atoms. The zero-order valence-electron chi connectivity index (χ0n) is 15.6. The van der Waals surface area contributed by atoms with E-state index in [0.717, 1.165) is 34.9 Å². The van der Waals surface area contributed by atoms with E-state index in [1.165, 1.54) is 0 Å². The molecule has 0 aliphatic carbocycles. The first-order valence-corrected chi connectivity index (χ1v) is 8.98. The van der Waals surface area contributed by atoms with Gasteiger partial charge in [-0.1, -0.05) is 35.5 Å². The first-order valence-electron chi connectivity index (χ1n) is 8.98. The maximum atomic E-state index is 6.07. The lowest BCUT2D eigenvalue weighted by atomic mass is 10.1. The number of para-hydroxylation sites is 1. The molecule has 1 aromatic heterocycles. The quantitative estimate of drug-likeness (QED) is 0.489. The fraction of sp³-hybridized carbons (Fsp3) is 0.238. The van der Waals surface area contributed by atoms with Crippen molar-refractivity contribution in [1.29, 1.82) is 0 Å². The minimum absolute atomic E-state index is 0.497. The molecule has 0 bridgehead atoms. The van der Waals surface area contributed by atoms with Crippen molar-refractivity contribution >= 4 is 5.96 Å². The number of aliphatic imine (C=N–C) groups is 1. The summed E-state index contributed by atoms with van der Waals surface area (Å²) in [5.41, 5.74) is 2.98. The van der Waals surface area contributed by atoms with Crippen LogP contribution >= 0.6 is 0 Å². The molecule has 2 N–H and O–H groups in total. The Hall–Kier alpha value is -3.28. The minimum atomic E-state index is 0.497. The molecule has 140 valence electrons. The van der Waals surface area contributed by atoms with Gasteiger partial charge in [-0.15, -0.1) is 0 Å². The van der Waals surface area contributed by atoms with Crippen LogP contribution in [0.15, 0.2) is 70.4 Å². The summed E-state index contributed by atoms with van der Waals surface area (Å²) in [7, 11) is 0. The number of nitrogens with one attached hydrogen (secondary N) is 2. The molecule has 3 rings (SSSR count). The SMILES string of the molecule is CCNC(=NCc1ccc(C)cc1Oc1ccccc1)NCc1ccon1. The summed E-state index contributed by atoms with van der Waals surface area (Å²) in [6.07, 6.45) is 1.56. The lowest BCUT2D eigenvalue weighted by Crippen LogP contribution is -2.36. The lowest BCUT2D eigenvalue weighted by molar-refractivity contribution is 0.410. The highest BCUT2D eigenvalue weighted by Gasteiger charge is 2.07. The maximum Gasteiger partial charge on any atom is 0.191 e. The van der Waals surface area contributed by atoms with E-state index in [1.807, 2.05) is 49.4 Å². The summed E-state index contributed by atoms with van der Waals surface area (Å²) in [5.74, 6) is 2.34. The van der Waals surface area contributed by atoms with Crippen LogP contribution in [-0.2, 0) is 13.1 Å². The molecule has 27 heavy (non-hydrogen) atoms. The van der Waals surface area contributed by atoms with Gasteiger partial charge in [-0.05, 0) is 37.6 Å². The van der Waals surface area contributed by atoms with Gasteiger partial charge in [0.1, 0.15) is 23.5 Å². The van der Waals surface area contributed by atoms with Crippen LogP contribution in [0.2, 0.25) is 0 Å². The highest BCUT2D eigenvalue weighted by Crippen LogP contribution is 2.27. The van der Waals surface area contributed by atoms with Crippen LogP contribution < -0.4 is 15.4 Å². The van der Waals surface area contributed by atoms with Crippen molar-refractivity contribution in [1.82, 2.24) is 15.8 Å². The molecule has 0 aliphatic heterocycles. The Morgan fingerprint density at radius 1 is 1.11 bits per heavy atom. The summed E-state index contributed by atoms with van der Waals surface area (Å²) in [6.45, 7) is 5.89. The van der Waals surface area contributed by atoms with Gasteiger partial charge in [-0.2, -0.15) is 0 Å². The van der Waals surface area contributed by atoms with E-state index in [0.29, 0.717) is 19.0 Å². The van der Waals surface area contributed by atoms with Crippen molar-refractivity contribution in [2.45, 2.75) is 26.9 Å². The van der Waals surface area contributed by atoms with E-state index in [1.54, 1.807) is 6.26 Å². The van der Waals surface area contributed by atoms with Crippen molar-refractivity contribution in [3.8, 4) is 11.5 Å². The zero-order chi connectivity index (χ0) is 18.9. The molecule has 6 nitrogen and oxygen atoms in total. The van der Waals surface area contributed by atoms with Crippen molar-refractivity contribution in [3.05, 3.63) is 77.7 Å². The van der Waals surface area contributed by atoms with Gasteiger partial charge in [0, 0.05) is 18.2 Å². The highest BCUT2D eigenvalue weighted by atomic mass is 16.5. The molecule has 0 fully saturated rings. The van der Waals surface area contributed by atoms with Crippen LogP contribution in [0, 0.1) is 6.92 Å². The van der Waals surface area contributed by atoms with Gasteiger partial charge in [-0.25, -0.2) is 4.99 Å². The number of guanidine groups is 1. The van der Waals surface area contributed by atoms with Crippen LogP contribution in [0.25, 0.3) is 0 Å². The molecule has 2 aromatic carbocycles. The summed E-state index contributed by atoms with van der Waals surface area (Å²) < 4.78 is 10.9. The molecule has 0 amide bonds. The monoisotopic (exact) mass is 364 g/mol. The first-order chi connectivity index (χ1) is 13.2. The molecule has 0 saturated heterocycles. The Labute approximate surface area is 159 Å². The van der Waals surface area contributed by atoms with Gasteiger partial charge in [0.2, 0.25) is 0 Å². The van der Waals surface area contributed by atoms with Crippen molar-refractivity contribution in [2.24, 2.45) is 4.99 Å². The third-order valence-corrected chi connectivity index (χ3v) is 3.87. The van der Waals surface area contributed by atoms with E-state index in [9.17, 15) is 0 Å². The molecule has 3 aromatic rings. The fourth-order valence-electron chi connectivity index (χ4n) is 2.51. The second-order valence-corrected chi connectivity index (χ2v) is 6.07. The van der Waals surface area contributed by atoms with E-state index < -0.39 is 0 Å². The summed E-state index contributed by atoms with van der Waals surface area (Å²) in [5, 5.41) is 10.4. The average Bonchev–Trinajstić information content (AvgIpc) is 3.20. The van der Waals surface area contributed by atoms with Gasteiger partial charge in [0.05, 0.1) is 13.1 Å². The maximum absolute atomic E-state index is 6.07. The number of rotatable bonds is 7. The molecule has 0 atom stereocenters. The molecule has 0 aliphatic rings. The minimum Gasteiger partial charge on any atom is -0.457 e. The number of hydrogen-bond acceptors (Lipinski definition) is 4. The van der Waals surface area contributed by atoms with Gasteiger partial charge in [-0.3, -0.25) is 0 Å². The largest absolute Gasteiger partial charge is 0.457 e. The van der Waals surface area contributed by atoms with E-state index in [4.69, 9.17) is 9.26 Å². The Morgan fingerprint density at radius 3 is 2.70 bits per heavy atom. The third-order valence-electron chi connectivity index (χ3n) is 3.87. The fourth-order valence-corrected chi connectivity index (χ4v) is 2.51. The van der Waals surface area contributed by atoms with Crippen molar-refractivity contribution in [2.75, 3.05) is 6.54 Å². The van der Waals surface area contributed by atoms with Crippen LogP contribution in [-0.4, -0.2) is 17.7 Å². The second-order valence-electron chi connectivity index (χ2n) is 6.07. The van der Waals surface area contributed by atoms with Gasteiger partial charge >= 0.3 is 0 Å². The normalized spacial score (nSPS) is 11.3. The van der Waals surface area contributed by atoms with E-state index >= 15 is 0 Å². The highest BCUT2D eigenvalue weighted by molar-refractivity contribution is 5.79. The molecule has 0 saturated carbocycles. The van der Waals surface area contributed by atoms with Gasteiger partial charge in [0.15, 0.2) is 5.96 Å². The summed E-state index contributed by atoms with van der Waals surface area (Å²) in [6, 6.07) is 17.8. The van der Waals surface area contributed by atoms with Crippen LogP contribution in [0.1, 0.15) is 23.7 Å². The van der Waals surface area contributed by atoms with Crippen LogP contribution in [0.4, 0.5) is 0 Å². The molecule has 0 radical (unpaired) electrons. The second kappa shape index (κ2) is 9.43. The molecule has 6 heteroatoms. The Balaban J connectivity index is 1.73. The molecular weight excluding hydrogens is 340 g/mol. The number of aromatic nitrogens is 1. The Kier molecular flexibility index (Phi) is 6.46. The predicted molar refractivity (Wildman–Crippen MR) is 106 cm³/mol. The first kappa shape index (κ1) is 18.5. The number of ether oxygens (including phenoxy) is 1. The van der Waals surface area contributed by atoms with Crippen molar-refractivity contribution in [3.63, 3.8) is 0 Å². The van der Waals surface area contributed by atoms with Crippen LogP contribution in [0.5, 0.6) is 11.5 Å². The smallest absolute Gasteiger partial charge is 0.191 e. The topological polar surface area (TPSA) is 71.7 Å². The zero-order valence-corrected chi connectivity index (χ0v) is 15.6. The number of nitrogens with zero attached hydrogens (tertiary/aromatic N) is 2. The van der Waals surface area contributed by atoms with Crippen molar-refractivity contribution < 1.29 is 9.26 Å². The average molecular weight is 364 g/mol. The summed E-state index contributed by atoms with van der Waals surface area (Å²) in [4.78, 5) is 4.67. The molecular formula is C21H24N4O2.